The molecule has 1 aromatic carbocycles. The van der Waals surface area contributed by atoms with Crippen LogP contribution in [-0.2, 0) is 17.9 Å². The molecule has 1 aliphatic heterocycles. The van der Waals surface area contributed by atoms with Crippen molar-refractivity contribution in [2.75, 3.05) is 7.11 Å². The van der Waals surface area contributed by atoms with Gasteiger partial charge in [-0.3, -0.25) is 0 Å². The Balaban J connectivity index is 1.40. The third-order valence-corrected chi connectivity index (χ3v) is 5.45. The minimum atomic E-state index is -0.0326. The van der Waals surface area contributed by atoms with Crippen LogP contribution in [0, 0.1) is 0 Å². The lowest BCUT2D eigenvalue weighted by atomic mass is 10.1. The third kappa shape index (κ3) is 2.92. The van der Waals surface area contributed by atoms with Crippen molar-refractivity contribution in [3.8, 4) is 28.0 Å². The number of fused-ring (bicyclic) bond motifs is 1. The maximum absolute atomic E-state index is 6.07. The summed E-state index contributed by atoms with van der Waals surface area (Å²) in [5.41, 5.74) is 2.73. The highest BCUT2D eigenvalue weighted by atomic mass is 32.1. The normalized spacial score (nSPS) is 16.3. The van der Waals surface area contributed by atoms with Gasteiger partial charge in [0.1, 0.15) is 11.9 Å². The first-order chi connectivity index (χ1) is 13.3. The highest BCUT2D eigenvalue weighted by Crippen LogP contribution is 2.32. The number of aromatic nitrogens is 4. The van der Waals surface area contributed by atoms with Gasteiger partial charge in [0.2, 0.25) is 5.82 Å². The molecule has 7 nitrogen and oxygen atoms in total. The maximum atomic E-state index is 6.07. The van der Waals surface area contributed by atoms with E-state index in [-0.39, 0.29) is 6.10 Å². The number of methoxy groups -OCH3 is 1. The molecule has 0 amide bonds. The lowest BCUT2D eigenvalue weighted by Gasteiger charge is -2.25. The van der Waals surface area contributed by atoms with Crippen molar-refractivity contribution < 1.29 is 14.0 Å². The quantitative estimate of drug-likeness (QED) is 0.534. The van der Waals surface area contributed by atoms with Gasteiger partial charge >= 0.3 is 0 Å². The average Bonchev–Trinajstić information content (AvgIpc) is 3.46. The summed E-state index contributed by atoms with van der Waals surface area (Å²) in [5, 5.41) is 6.05. The summed E-state index contributed by atoms with van der Waals surface area (Å²) >= 11 is 1.57. The Kier molecular flexibility index (Phi) is 3.99. The first kappa shape index (κ1) is 16.2. The van der Waals surface area contributed by atoms with Gasteiger partial charge in [0.25, 0.3) is 5.89 Å². The van der Waals surface area contributed by atoms with E-state index in [1.165, 1.54) is 0 Å². The van der Waals surface area contributed by atoms with Gasteiger partial charge in [-0.1, -0.05) is 23.4 Å². The average molecular weight is 380 g/mol. The van der Waals surface area contributed by atoms with Crippen LogP contribution in [0.3, 0.4) is 0 Å². The zero-order valence-corrected chi connectivity index (χ0v) is 15.3. The molecule has 0 radical (unpaired) electrons. The van der Waals surface area contributed by atoms with E-state index in [0.29, 0.717) is 30.6 Å². The van der Waals surface area contributed by atoms with Crippen molar-refractivity contribution in [1.29, 1.82) is 0 Å². The molecule has 8 heteroatoms. The van der Waals surface area contributed by atoms with E-state index in [9.17, 15) is 0 Å². The van der Waals surface area contributed by atoms with Gasteiger partial charge in [0, 0.05) is 0 Å². The summed E-state index contributed by atoms with van der Waals surface area (Å²) in [4.78, 5) is 9.94. The Labute approximate surface area is 159 Å². The van der Waals surface area contributed by atoms with Crippen molar-refractivity contribution in [3.63, 3.8) is 0 Å². The number of benzene rings is 1. The van der Waals surface area contributed by atoms with Gasteiger partial charge in [-0.15, -0.1) is 11.3 Å². The van der Waals surface area contributed by atoms with E-state index in [1.54, 1.807) is 24.8 Å². The van der Waals surface area contributed by atoms with Crippen molar-refractivity contribution in [3.05, 3.63) is 59.4 Å². The Morgan fingerprint density at radius 2 is 2.11 bits per heavy atom. The Bertz CT molecular complexity index is 1050. The van der Waals surface area contributed by atoms with Crippen LogP contribution in [0.2, 0.25) is 0 Å². The SMILES string of the molecule is COc1ccc([C@H]2Cn3cnc(-c4nc(-c5cccs5)no4)c3CO2)cc1. The summed E-state index contributed by atoms with van der Waals surface area (Å²) in [7, 11) is 1.66. The number of imidazole rings is 1. The molecule has 1 aliphatic rings. The molecule has 0 saturated carbocycles. The van der Waals surface area contributed by atoms with Gasteiger partial charge in [-0.2, -0.15) is 4.98 Å². The molecule has 27 heavy (non-hydrogen) atoms. The molecule has 3 aromatic heterocycles. The number of hydrogen-bond acceptors (Lipinski definition) is 7. The minimum absolute atomic E-state index is 0.0326. The van der Waals surface area contributed by atoms with Crippen LogP contribution in [0.4, 0.5) is 0 Å². The molecule has 5 rings (SSSR count). The van der Waals surface area contributed by atoms with Crippen LogP contribution < -0.4 is 4.74 Å². The first-order valence-electron chi connectivity index (χ1n) is 8.49. The molecule has 136 valence electrons. The van der Waals surface area contributed by atoms with E-state index >= 15 is 0 Å². The fourth-order valence-corrected chi connectivity index (χ4v) is 3.80. The number of rotatable bonds is 4. The van der Waals surface area contributed by atoms with Gasteiger partial charge in [0.15, 0.2) is 5.69 Å². The molecule has 0 fully saturated rings. The van der Waals surface area contributed by atoms with Gasteiger partial charge in [-0.25, -0.2) is 4.98 Å². The predicted molar refractivity (Wildman–Crippen MR) is 99.4 cm³/mol. The van der Waals surface area contributed by atoms with Gasteiger partial charge in [0.05, 0.1) is 37.2 Å². The summed E-state index contributed by atoms with van der Waals surface area (Å²) < 4.78 is 18.8. The van der Waals surface area contributed by atoms with Crippen LogP contribution in [0.1, 0.15) is 17.4 Å². The molecule has 0 aliphatic carbocycles. The second-order valence-corrected chi connectivity index (χ2v) is 7.11. The monoisotopic (exact) mass is 380 g/mol. The Morgan fingerprint density at radius 3 is 2.89 bits per heavy atom. The van der Waals surface area contributed by atoms with Crippen LogP contribution >= 0.6 is 11.3 Å². The smallest absolute Gasteiger partial charge is 0.278 e. The van der Waals surface area contributed by atoms with Crippen LogP contribution in [0.15, 0.2) is 52.6 Å². The van der Waals surface area contributed by atoms with Crippen LogP contribution in [0.25, 0.3) is 22.3 Å². The molecule has 0 N–H and O–H groups in total. The standard InChI is InChI=1S/C19H16N4O3S/c1-24-13-6-4-12(5-7-13)15-9-23-11-20-17(14(23)10-25-15)19-21-18(22-26-19)16-3-2-8-27-16/h2-8,11,15H,9-10H2,1H3/t15-/m1/s1. The minimum Gasteiger partial charge on any atom is -0.497 e. The van der Waals surface area contributed by atoms with E-state index in [1.807, 2.05) is 41.8 Å². The van der Waals surface area contributed by atoms with E-state index in [4.69, 9.17) is 14.0 Å². The zero-order chi connectivity index (χ0) is 18.2. The van der Waals surface area contributed by atoms with Crippen molar-refractivity contribution in [2.24, 2.45) is 0 Å². The Morgan fingerprint density at radius 1 is 1.22 bits per heavy atom. The predicted octanol–water partition coefficient (Wildman–Crippen LogP) is 3.94. The number of ether oxygens (including phenoxy) is 2. The van der Waals surface area contributed by atoms with Crippen molar-refractivity contribution in [2.45, 2.75) is 19.3 Å². The first-order valence-corrected chi connectivity index (χ1v) is 9.37. The number of thiophene rings is 1. The highest BCUT2D eigenvalue weighted by molar-refractivity contribution is 7.13. The molecule has 0 unspecified atom stereocenters. The molecular weight excluding hydrogens is 364 g/mol. The molecule has 0 bridgehead atoms. The summed E-state index contributed by atoms with van der Waals surface area (Å²) in [6.45, 7) is 1.11. The molecule has 4 aromatic rings. The lowest BCUT2D eigenvalue weighted by molar-refractivity contribution is 0.00328. The molecule has 0 spiro atoms. The summed E-state index contributed by atoms with van der Waals surface area (Å²) in [6, 6.07) is 11.9. The number of nitrogens with zero attached hydrogens (tertiary/aromatic N) is 4. The fourth-order valence-electron chi connectivity index (χ4n) is 3.15. The highest BCUT2D eigenvalue weighted by Gasteiger charge is 2.26. The van der Waals surface area contributed by atoms with Crippen LogP contribution in [0.5, 0.6) is 5.75 Å². The van der Waals surface area contributed by atoms with E-state index < -0.39 is 0 Å². The topological polar surface area (TPSA) is 75.2 Å². The summed E-state index contributed by atoms with van der Waals surface area (Å²) in [5.74, 6) is 1.83. The van der Waals surface area contributed by atoms with E-state index in [2.05, 4.69) is 19.7 Å². The molecular formula is C19H16N4O3S. The largest absolute Gasteiger partial charge is 0.497 e. The molecule has 1 atom stereocenters. The number of hydrogen-bond donors (Lipinski definition) is 0. The zero-order valence-electron chi connectivity index (χ0n) is 14.5. The Hall–Kier alpha value is -2.97. The maximum Gasteiger partial charge on any atom is 0.278 e. The lowest BCUT2D eigenvalue weighted by Crippen LogP contribution is -2.20. The van der Waals surface area contributed by atoms with Gasteiger partial charge < -0.3 is 18.6 Å². The second-order valence-electron chi connectivity index (χ2n) is 6.17. The molecule has 0 saturated heterocycles. The third-order valence-electron chi connectivity index (χ3n) is 4.59. The van der Waals surface area contributed by atoms with Crippen molar-refractivity contribution >= 4 is 11.3 Å². The second kappa shape index (κ2) is 6.64. The van der Waals surface area contributed by atoms with E-state index in [0.717, 1.165) is 21.9 Å². The van der Waals surface area contributed by atoms with Crippen molar-refractivity contribution in [1.82, 2.24) is 19.7 Å². The van der Waals surface area contributed by atoms with Gasteiger partial charge in [-0.05, 0) is 29.1 Å². The van der Waals surface area contributed by atoms with Crippen LogP contribution in [-0.4, -0.2) is 26.8 Å². The fraction of sp³-hybridized carbons (Fsp3) is 0.211. The summed E-state index contributed by atoms with van der Waals surface area (Å²) in [6.07, 6.45) is 1.77. The molecule has 4 heterocycles.